The minimum atomic E-state index is -0.263. The molecule has 13 heteroatoms. The van der Waals surface area contributed by atoms with Crippen molar-refractivity contribution in [2.75, 3.05) is 98.9 Å². The van der Waals surface area contributed by atoms with Crippen molar-refractivity contribution < 1.29 is 47.6 Å². The normalized spacial score (nSPS) is 11.1. The summed E-state index contributed by atoms with van der Waals surface area (Å²) in [6, 6.07) is 0. The van der Waals surface area contributed by atoms with Gasteiger partial charge in [0, 0.05) is 26.1 Å². The molecule has 0 aromatic rings. The lowest BCUT2D eigenvalue weighted by atomic mass is 10.0. The third kappa shape index (κ3) is 42.1. The highest BCUT2D eigenvalue weighted by molar-refractivity contribution is 5.77. The second kappa shape index (κ2) is 42.3. The number of carbonyl (C=O) groups excluding carboxylic acids is 4. The van der Waals surface area contributed by atoms with Gasteiger partial charge >= 0.3 is 0 Å². The summed E-state index contributed by atoms with van der Waals surface area (Å²) in [5.74, 6) is -0.444. The molecule has 0 atom stereocenters. The van der Waals surface area contributed by atoms with Crippen LogP contribution in [0.1, 0.15) is 122 Å². The lowest BCUT2D eigenvalue weighted by Gasteiger charge is -2.09. The van der Waals surface area contributed by atoms with Gasteiger partial charge < -0.3 is 44.4 Å². The first-order valence-corrected chi connectivity index (χ1v) is 19.7. The zero-order valence-electron chi connectivity index (χ0n) is 31.9. The third-order valence-corrected chi connectivity index (χ3v) is 7.96. The van der Waals surface area contributed by atoms with Gasteiger partial charge in [-0.25, -0.2) is 0 Å². The van der Waals surface area contributed by atoms with Crippen LogP contribution in [0.15, 0.2) is 0 Å². The fourth-order valence-electron chi connectivity index (χ4n) is 5.09. The summed E-state index contributed by atoms with van der Waals surface area (Å²) in [5.41, 5.74) is 0. The van der Waals surface area contributed by atoms with Gasteiger partial charge in [-0.1, -0.05) is 110 Å². The minimum Gasteiger partial charge on any atom is -0.377 e. The second-order valence-electron chi connectivity index (χ2n) is 12.6. The van der Waals surface area contributed by atoms with Gasteiger partial charge in [-0.3, -0.25) is 19.2 Å². The van der Waals surface area contributed by atoms with E-state index in [4.69, 9.17) is 28.4 Å². The van der Waals surface area contributed by atoms with Gasteiger partial charge in [-0.2, -0.15) is 0 Å². The van der Waals surface area contributed by atoms with Crippen LogP contribution in [0.4, 0.5) is 0 Å². The lowest BCUT2D eigenvalue weighted by Crippen LogP contribution is -2.32. The molecular formula is C38H72N3O10. The molecular weight excluding hydrogens is 658 g/mol. The van der Waals surface area contributed by atoms with Gasteiger partial charge in [0.05, 0.1) is 59.5 Å². The van der Waals surface area contributed by atoms with Gasteiger partial charge in [0.1, 0.15) is 19.8 Å². The molecule has 0 aromatic heterocycles. The fraction of sp³-hybridized carbons (Fsp3) is 0.895. The third-order valence-electron chi connectivity index (χ3n) is 7.96. The molecule has 0 spiro atoms. The maximum Gasteiger partial charge on any atom is 0.246 e. The molecule has 0 fully saturated rings. The van der Waals surface area contributed by atoms with Gasteiger partial charge in [0.2, 0.25) is 24.0 Å². The summed E-state index contributed by atoms with van der Waals surface area (Å²) in [6.45, 7) is 5.99. The summed E-state index contributed by atoms with van der Waals surface area (Å²) in [7, 11) is 0. The first-order valence-electron chi connectivity index (χ1n) is 19.7. The van der Waals surface area contributed by atoms with Crippen LogP contribution in [0.5, 0.6) is 0 Å². The van der Waals surface area contributed by atoms with Crippen LogP contribution in [0.2, 0.25) is 0 Å². The van der Waals surface area contributed by atoms with Gasteiger partial charge in [-0.15, -0.1) is 0 Å². The van der Waals surface area contributed by atoms with E-state index in [0.29, 0.717) is 72.3 Å². The molecule has 3 amide bonds. The van der Waals surface area contributed by atoms with Crippen molar-refractivity contribution >= 4 is 24.0 Å². The van der Waals surface area contributed by atoms with Crippen LogP contribution in [0.3, 0.4) is 0 Å². The number of hydrogen-bond donors (Lipinski definition) is 3. The van der Waals surface area contributed by atoms with Crippen molar-refractivity contribution in [2.45, 2.75) is 122 Å². The zero-order valence-corrected chi connectivity index (χ0v) is 31.9. The minimum absolute atomic E-state index is 0.0701. The molecule has 0 aliphatic rings. The molecule has 51 heavy (non-hydrogen) atoms. The van der Waals surface area contributed by atoms with Gasteiger partial charge in [0.15, 0.2) is 0 Å². The zero-order chi connectivity index (χ0) is 37.1. The molecule has 0 unspecified atom stereocenters. The molecule has 3 N–H and O–H groups in total. The van der Waals surface area contributed by atoms with Crippen molar-refractivity contribution in [3.63, 3.8) is 0 Å². The number of rotatable bonds is 42. The average Bonchev–Trinajstić information content (AvgIpc) is 3.12. The van der Waals surface area contributed by atoms with E-state index >= 15 is 0 Å². The van der Waals surface area contributed by atoms with E-state index in [-0.39, 0.29) is 50.8 Å². The maximum atomic E-state index is 12.0. The molecule has 0 saturated heterocycles. The van der Waals surface area contributed by atoms with Crippen LogP contribution in [-0.2, 0) is 47.6 Å². The van der Waals surface area contributed by atoms with Crippen molar-refractivity contribution in [3.05, 3.63) is 0 Å². The number of nitrogens with one attached hydrogen (secondary N) is 3. The standard InChI is InChI=1S/C38H72N3O10/c1-2-3-4-5-6-7-8-9-10-11-12-13-14-15-16-17-18-19-36(43)39-20-24-47-30-32-50-35-38(45)41-22-26-48-31-33-51-34-37(44)40-21-25-46-28-29-49-27-23-42/h2-22,24-35H2,1H3,(H,39,43)(H,40,44)(H,41,45). The van der Waals surface area contributed by atoms with Gasteiger partial charge in [-0.05, 0) is 6.42 Å². The quantitative estimate of drug-likeness (QED) is 0.0759. The molecule has 13 nitrogen and oxygen atoms in total. The van der Waals surface area contributed by atoms with E-state index in [1.165, 1.54) is 96.3 Å². The van der Waals surface area contributed by atoms with Crippen LogP contribution in [0.25, 0.3) is 0 Å². The molecule has 0 aliphatic heterocycles. The van der Waals surface area contributed by atoms with E-state index in [2.05, 4.69) is 22.9 Å². The summed E-state index contributed by atoms with van der Waals surface area (Å²) < 4.78 is 31.5. The molecule has 0 aromatic carbocycles. The molecule has 1 radical (unpaired) electrons. The van der Waals surface area contributed by atoms with Crippen molar-refractivity contribution in [1.29, 1.82) is 0 Å². The molecule has 0 heterocycles. The van der Waals surface area contributed by atoms with Crippen LogP contribution in [0, 0.1) is 0 Å². The number of ether oxygens (including phenoxy) is 6. The highest BCUT2D eigenvalue weighted by Gasteiger charge is 2.04. The van der Waals surface area contributed by atoms with Crippen LogP contribution >= 0.6 is 0 Å². The van der Waals surface area contributed by atoms with Crippen molar-refractivity contribution in [1.82, 2.24) is 16.0 Å². The highest BCUT2D eigenvalue weighted by atomic mass is 16.5. The highest BCUT2D eigenvalue weighted by Crippen LogP contribution is 2.14. The van der Waals surface area contributed by atoms with E-state index in [9.17, 15) is 19.2 Å². The lowest BCUT2D eigenvalue weighted by molar-refractivity contribution is -0.127. The Morgan fingerprint density at radius 1 is 0.412 bits per heavy atom. The Labute approximate surface area is 308 Å². The Morgan fingerprint density at radius 2 is 0.745 bits per heavy atom. The molecule has 0 bridgehead atoms. The topological polar surface area (TPSA) is 160 Å². The second-order valence-corrected chi connectivity index (χ2v) is 12.6. The fourth-order valence-corrected chi connectivity index (χ4v) is 5.09. The predicted octanol–water partition coefficient (Wildman–Crippen LogP) is 4.59. The number of amides is 3. The summed E-state index contributed by atoms with van der Waals surface area (Å²) in [5, 5.41) is 8.24. The van der Waals surface area contributed by atoms with Crippen LogP contribution < -0.4 is 16.0 Å². The summed E-state index contributed by atoms with van der Waals surface area (Å²) in [4.78, 5) is 45.5. The number of unbranched alkanes of at least 4 members (excludes halogenated alkanes) is 16. The number of hydrogen-bond acceptors (Lipinski definition) is 10. The summed E-state index contributed by atoms with van der Waals surface area (Å²) >= 11 is 0. The van der Waals surface area contributed by atoms with E-state index in [0.717, 1.165) is 12.8 Å². The SMILES string of the molecule is CCCCCCCCCCCCCCCCCCCC(=O)NCCOCCOCC(=O)NCCOCCOCC(=O)NCCOCCOC[C]=O. The van der Waals surface area contributed by atoms with E-state index < -0.39 is 0 Å². The Bertz CT molecular complexity index is 791. The van der Waals surface area contributed by atoms with Gasteiger partial charge in [0.25, 0.3) is 0 Å². The first-order chi connectivity index (χ1) is 25.1. The predicted molar refractivity (Wildman–Crippen MR) is 198 cm³/mol. The van der Waals surface area contributed by atoms with E-state index in [1.54, 1.807) is 6.29 Å². The molecule has 299 valence electrons. The molecule has 0 rings (SSSR count). The van der Waals surface area contributed by atoms with Crippen LogP contribution in [-0.4, -0.2) is 123 Å². The Balaban J connectivity index is 3.30. The monoisotopic (exact) mass is 731 g/mol. The van der Waals surface area contributed by atoms with Crippen molar-refractivity contribution in [3.8, 4) is 0 Å². The Morgan fingerprint density at radius 3 is 1.14 bits per heavy atom. The smallest absolute Gasteiger partial charge is 0.246 e. The average molecular weight is 731 g/mol. The largest absolute Gasteiger partial charge is 0.377 e. The Hall–Kier alpha value is -2.16. The van der Waals surface area contributed by atoms with E-state index in [1.807, 2.05) is 0 Å². The Kier molecular flexibility index (Phi) is 40.5. The number of carbonyl (C=O) groups is 3. The maximum absolute atomic E-state index is 12.0. The summed E-state index contributed by atoms with van der Waals surface area (Å²) in [6.07, 6.45) is 24.7. The first kappa shape index (κ1) is 48.8. The molecule has 0 aliphatic carbocycles. The van der Waals surface area contributed by atoms with Crippen molar-refractivity contribution in [2.24, 2.45) is 0 Å². The molecule has 0 saturated carbocycles.